The molecule has 10 nitrogen and oxygen atoms in total. The first-order chi connectivity index (χ1) is 21.7. The number of carbonyl (C=O) groups is 5. The second-order valence-corrected chi connectivity index (χ2v) is 11.6. The standard InChI is InChI=1S/C34H39N3O7S/c38-29(18-10-20-31(40)41)35-22-23-36-33(44)28(37-30(39)19-11-21-32(42)43)24-45-34(25-12-4-1-5-13-25,26-14-6-2-7-15-26)27-16-8-3-9-17-27/h1-9,12-17,28H,10-11,18-24H2,(H,35,38)(H,36,44)(H,37,39)(H,40,41)(H,42,43)/t28-/m0/s1. The van der Waals surface area contributed by atoms with Gasteiger partial charge in [-0.3, -0.25) is 24.0 Å². The summed E-state index contributed by atoms with van der Waals surface area (Å²) in [5.74, 6) is -3.00. The van der Waals surface area contributed by atoms with Gasteiger partial charge in [-0.15, -0.1) is 11.8 Å². The van der Waals surface area contributed by atoms with Crippen LogP contribution in [0.2, 0.25) is 0 Å². The van der Waals surface area contributed by atoms with E-state index in [4.69, 9.17) is 10.2 Å². The van der Waals surface area contributed by atoms with Crippen LogP contribution < -0.4 is 16.0 Å². The molecular weight excluding hydrogens is 594 g/mol. The number of amides is 3. The minimum Gasteiger partial charge on any atom is -0.481 e. The number of carboxylic acid groups (broad SMARTS) is 2. The minimum atomic E-state index is -1.00. The van der Waals surface area contributed by atoms with Crippen LogP contribution in [-0.4, -0.2) is 64.8 Å². The van der Waals surface area contributed by atoms with Gasteiger partial charge in [0.25, 0.3) is 0 Å². The van der Waals surface area contributed by atoms with E-state index in [9.17, 15) is 24.0 Å². The number of hydrogen-bond donors (Lipinski definition) is 5. The van der Waals surface area contributed by atoms with Crippen molar-refractivity contribution in [3.63, 3.8) is 0 Å². The summed E-state index contributed by atoms with van der Waals surface area (Å²) in [6.45, 7) is 0.229. The third-order valence-electron chi connectivity index (χ3n) is 6.99. The lowest BCUT2D eigenvalue weighted by atomic mass is 9.84. The lowest BCUT2D eigenvalue weighted by Gasteiger charge is -2.36. The van der Waals surface area contributed by atoms with Crippen LogP contribution in [0.25, 0.3) is 0 Å². The summed E-state index contributed by atoms with van der Waals surface area (Å²) >= 11 is 1.50. The summed E-state index contributed by atoms with van der Waals surface area (Å²) in [7, 11) is 0. The van der Waals surface area contributed by atoms with E-state index in [-0.39, 0.29) is 63.3 Å². The van der Waals surface area contributed by atoms with Crippen molar-refractivity contribution in [1.29, 1.82) is 0 Å². The van der Waals surface area contributed by atoms with Gasteiger partial charge >= 0.3 is 11.9 Å². The van der Waals surface area contributed by atoms with E-state index in [0.29, 0.717) is 0 Å². The fourth-order valence-corrected chi connectivity index (χ4v) is 6.39. The molecule has 3 rings (SSSR count). The average Bonchev–Trinajstić information content (AvgIpc) is 3.04. The van der Waals surface area contributed by atoms with Crippen molar-refractivity contribution in [3.05, 3.63) is 108 Å². The maximum Gasteiger partial charge on any atom is 0.303 e. The van der Waals surface area contributed by atoms with Crippen molar-refractivity contribution >= 4 is 41.4 Å². The van der Waals surface area contributed by atoms with E-state index < -0.39 is 34.5 Å². The zero-order valence-corrected chi connectivity index (χ0v) is 25.8. The Kier molecular flexibility index (Phi) is 14.1. The average molecular weight is 634 g/mol. The largest absolute Gasteiger partial charge is 0.481 e. The van der Waals surface area contributed by atoms with E-state index in [1.165, 1.54) is 11.8 Å². The Bertz CT molecular complexity index is 1310. The van der Waals surface area contributed by atoms with Gasteiger partial charge in [-0.1, -0.05) is 91.0 Å². The predicted octanol–water partition coefficient (Wildman–Crippen LogP) is 3.94. The number of benzene rings is 3. The molecule has 3 aromatic rings. The summed E-state index contributed by atoms with van der Waals surface area (Å²) in [6.07, 6.45) is 0.0997. The molecule has 11 heteroatoms. The normalized spacial score (nSPS) is 11.6. The number of hydrogen-bond acceptors (Lipinski definition) is 6. The first-order valence-corrected chi connectivity index (χ1v) is 15.8. The number of rotatable bonds is 19. The number of thioether (sulfide) groups is 1. The predicted molar refractivity (Wildman–Crippen MR) is 173 cm³/mol. The fourth-order valence-electron chi connectivity index (χ4n) is 4.83. The smallest absolute Gasteiger partial charge is 0.303 e. The monoisotopic (exact) mass is 633 g/mol. The van der Waals surface area contributed by atoms with Gasteiger partial charge < -0.3 is 26.2 Å². The van der Waals surface area contributed by atoms with Crippen molar-refractivity contribution in [2.45, 2.75) is 49.3 Å². The maximum absolute atomic E-state index is 13.5. The summed E-state index contributed by atoms with van der Waals surface area (Å²) in [5, 5.41) is 25.9. The zero-order valence-electron chi connectivity index (χ0n) is 24.9. The number of nitrogens with one attached hydrogen (secondary N) is 3. The van der Waals surface area contributed by atoms with Gasteiger partial charge in [0.15, 0.2) is 0 Å². The van der Waals surface area contributed by atoms with Crippen LogP contribution in [-0.2, 0) is 28.7 Å². The zero-order chi connectivity index (χ0) is 32.5. The van der Waals surface area contributed by atoms with E-state index in [1.807, 2.05) is 91.0 Å². The summed E-state index contributed by atoms with van der Waals surface area (Å²) < 4.78 is -0.736. The van der Waals surface area contributed by atoms with Crippen molar-refractivity contribution < 1.29 is 34.2 Å². The fraction of sp³-hybridized carbons (Fsp3) is 0.324. The molecule has 0 fully saturated rings. The second-order valence-electron chi connectivity index (χ2n) is 10.3. The first kappa shape index (κ1) is 34.8. The Morgan fingerprint density at radius 2 is 1.02 bits per heavy atom. The number of aliphatic carboxylic acids is 2. The Hall–Kier alpha value is -4.64. The van der Waals surface area contributed by atoms with Crippen LogP contribution in [0.4, 0.5) is 0 Å². The number of carboxylic acids is 2. The van der Waals surface area contributed by atoms with Crippen LogP contribution >= 0.6 is 11.8 Å². The molecule has 0 radical (unpaired) electrons. The maximum atomic E-state index is 13.5. The van der Waals surface area contributed by atoms with Gasteiger partial charge in [0, 0.05) is 44.5 Å². The Morgan fingerprint density at radius 1 is 0.600 bits per heavy atom. The van der Waals surface area contributed by atoms with Gasteiger partial charge in [-0.05, 0) is 29.5 Å². The summed E-state index contributed by atoms with van der Waals surface area (Å²) in [6, 6.07) is 28.8. The molecule has 0 unspecified atom stereocenters. The van der Waals surface area contributed by atoms with E-state index in [1.54, 1.807) is 0 Å². The molecule has 5 N–H and O–H groups in total. The SMILES string of the molecule is O=C(O)CCCC(=O)NCCNC(=O)[C@H](CSC(c1ccccc1)(c1ccccc1)c1ccccc1)NC(=O)CCCC(=O)O. The van der Waals surface area contributed by atoms with Crippen molar-refractivity contribution in [2.75, 3.05) is 18.8 Å². The molecule has 3 amide bonds. The molecule has 238 valence electrons. The molecule has 0 spiro atoms. The van der Waals surface area contributed by atoms with Crippen LogP contribution in [0.3, 0.4) is 0 Å². The van der Waals surface area contributed by atoms with Gasteiger partial charge in [-0.25, -0.2) is 0 Å². The minimum absolute atomic E-state index is 0.0473. The van der Waals surface area contributed by atoms with Crippen molar-refractivity contribution in [1.82, 2.24) is 16.0 Å². The highest BCUT2D eigenvalue weighted by atomic mass is 32.2. The second kappa shape index (κ2) is 18.2. The molecule has 0 aliphatic heterocycles. The lowest BCUT2D eigenvalue weighted by molar-refractivity contribution is -0.138. The molecule has 0 saturated heterocycles. The Balaban J connectivity index is 1.82. The molecule has 45 heavy (non-hydrogen) atoms. The summed E-state index contributed by atoms with van der Waals surface area (Å²) in [4.78, 5) is 59.9. The molecule has 0 saturated carbocycles. The quantitative estimate of drug-likeness (QED) is 0.0980. The highest BCUT2D eigenvalue weighted by Gasteiger charge is 2.38. The third-order valence-corrected chi connectivity index (χ3v) is 8.63. The van der Waals surface area contributed by atoms with E-state index in [0.717, 1.165) is 16.7 Å². The molecule has 3 aromatic carbocycles. The topological polar surface area (TPSA) is 162 Å². The van der Waals surface area contributed by atoms with E-state index >= 15 is 0 Å². The van der Waals surface area contributed by atoms with Crippen LogP contribution in [0.5, 0.6) is 0 Å². The summed E-state index contributed by atoms with van der Waals surface area (Å²) in [5.41, 5.74) is 2.97. The van der Waals surface area contributed by atoms with E-state index in [2.05, 4.69) is 16.0 Å². The van der Waals surface area contributed by atoms with Crippen LogP contribution in [0, 0.1) is 0 Å². The van der Waals surface area contributed by atoms with Gasteiger partial charge in [0.05, 0.1) is 4.75 Å². The Labute approximate surface area is 267 Å². The van der Waals surface area contributed by atoms with Crippen molar-refractivity contribution in [3.8, 4) is 0 Å². The Morgan fingerprint density at radius 3 is 1.47 bits per heavy atom. The van der Waals surface area contributed by atoms with Gasteiger partial charge in [0.2, 0.25) is 17.7 Å². The van der Waals surface area contributed by atoms with Crippen molar-refractivity contribution in [2.24, 2.45) is 0 Å². The first-order valence-electron chi connectivity index (χ1n) is 14.8. The molecule has 0 aliphatic rings. The van der Waals surface area contributed by atoms with Gasteiger partial charge in [0.1, 0.15) is 6.04 Å². The molecule has 1 atom stereocenters. The molecule has 0 aliphatic carbocycles. The number of carbonyl (C=O) groups excluding carboxylic acids is 3. The molecular formula is C34H39N3O7S. The molecule has 0 bridgehead atoms. The van der Waals surface area contributed by atoms with Crippen LogP contribution in [0.1, 0.15) is 55.2 Å². The molecule has 0 aromatic heterocycles. The molecule has 0 heterocycles. The third kappa shape index (κ3) is 11.1. The lowest BCUT2D eigenvalue weighted by Crippen LogP contribution is -2.50. The highest BCUT2D eigenvalue weighted by Crippen LogP contribution is 2.48. The van der Waals surface area contributed by atoms with Gasteiger partial charge in [-0.2, -0.15) is 0 Å². The van der Waals surface area contributed by atoms with Crippen LogP contribution in [0.15, 0.2) is 91.0 Å². The highest BCUT2D eigenvalue weighted by molar-refractivity contribution is 8.00.